The first-order chi connectivity index (χ1) is 8.00. The third-order valence-corrected chi connectivity index (χ3v) is 2.93. The normalized spacial score (nSPS) is 11.9. The summed E-state index contributed by atoms with van der Waals surface area (Å²) >= 11 is 3.43. The quantitative estimate of drug-likeness (QED) is 0.783. The van der Waals surface area contributed by atoms with Gasteiger partial charge in [-0.25, -0.2) is 4.79 Å². The minimum absolute atomic E-state index is 0.01000. The van der Waals surface area contributed by atoms with Crippen LogP contribution in [-0.4, -0.2) is 18.5 Å². The summed E-state index contributed by atoms with van der Waals surface area (Å²) in [6, 6.07) is 6.86. The molecule has 3 amide bonds. The van der Waals surface area contributed by atoms with E-state index in [-0.39, 0.29) is 12.6 Å². The number of imide groups is 1. The molecule has 0 aromatic heterocycles. The molecule has 0 fully saturated rings. The number of benzene rings is 1. The lowest BCUT2D eigenvalue weighted by atomic mass is 10.1. The van der Waals surface area contributed by atoms with Crippen LogP contribution in [0.4, 0.5) is 4.79 Å². The highest BCUT2D eigenvalue weighted by molar-refractivity contribution is 9.10. The van der Waals surface area contributed by atoms with E-state index in [1.165, 1.54) is 0 Å². The molecule has 0 spiro atoms. The smallest absolute Gasteiger partial charge is 0.318 e. The second-order valence-electron chi connectivity index (χ2n) is 3.54. The minimum atomic E-state index is -0.842. The van der Waals surface area contributed by atoms with Crippen molar-refractivity contribution in [3.8, 4) is 0 Å². The number of urea groups is 1. The number of carbonyl (C=O) groups is 2. The molecule has 1 rings (SSSR count). The minimum Gasteiger partial charge on any atom is -0.351 e. The molecule has 0 saturated carbocycles. The molecule has 0 aliphatic heterocycles. The van der Waals surface area contributed by atoms with Gasteiger partial charge in [-0.15, -0.1) is 0 Å². The topological polar surface area (TPSA) is 84.2 Å². The molecule has 4 N–H and O–H groups in total. The van der Waals surface area contributed by atoms with Crippen LogP contribution in [0, 0.1) is 0 Å². The van der Waals surface area contributed by atoms with Crippen LogP contribution in [-0.2, 0) is 4.79 Å². The van der Waals surface area contributed by atoms with Crippen LogP contribution in [0.1, 0.15) is 18.5 Å². The molecule has 0 aliphatic rings. The fourth-order valence-electron chi connectivity index (χ4n) is 1.36. The molecule has 6 heteroatoms. The van der Waals surface area contributed by atoms with Gasteiger partial charge in [0.05, 0.1) is 6.54 Å². The van der Waals surface area contributed by atoms with Gasteiger partial charge in [-0.1, -0.05) is 34.1 Å². The van der Waals surface area contributed by atoms with Crippen molar-refractivity contribution in [2.24, 2.45) is 5.73 Å². The summed E-state index contributed by atoms with van der Waals surface area (Å²) in [5, 5.41) is 4.98. The Kier molecular flexibility index (Phi) is 5.11. The lowest BCUT2D eigenvalue weighted by Gasteiger charge is -2.15. The lowest BCUT2D eigenvalue weighted by molar-refractivity contribution is -0.119. The standard InChI is InChI=1S/C11H14BrN3O2/c1-7(8-4-2-3-5-9(8)12)14-6-10(16)15-11(13)17/h2-5,7,14H,6H2,1H3,(H3,13,15,16,17)/t7-/m1/s1. The summed E-state index contributed by atoms with van der Waals surface area (Å²) in [6.07, 6.45) is 0. The van der Waals surface area contributed by atoms with E-state index in [1.807, 2.05) is 36.5 Å². The number of rotatable bonds is 4. The molecule has 0 saturated heterocycles. The molecule has 0 bridgehead atoms. The molecule has 0 radical (unpaired) electrons. The average Bonchev–Trinajstić information content (AvgIpc) is 2.25. The van der Waals surface area contributed by atoms with Crippen molar-refractivity contribution in [3.63, 3.8) is 0 Å². The summed E-state index contributed by atoms with van der Waals surface area (Å²) in [6.45, 7) is 1.96. The van der Waals surface area contributed by atoms with Crippen molar-refractivity contribution in [1.29, 1.82) is 0 Å². The van der Waals surface area contributed by atoms with E-state index in [9.17, 15) is 9.59 Å². The van der Waals surface area contributed by atoms with E-state index in [4.69, 9.17) is 5.73 Å². The van der Waals surface area contributed by atoms with Gasteiger partial charge in [-0.05, 0) is 18.6 Å². The number of carbonyl (C=O) groups excluding carboxylic acids is 2. The Bertz CT molecular complexity index is 423. The highest BCUT2D eigenvalue weighted by atomic mass is 79.9. The number of primary amides is 1. The number of nitrogens with two attached hydrogens (primary N) is 1. The van der Waals surface area contributed by atoms with E-state index >= 15 is 0 Å². The van der Waals surface area contributed by atoms with Crippen molar-refractivity contribution < 1.29 is 9.59 Å². The van der Waals surface area contributed by atoms with Crippen LogP contribution in [0.25, 0.3) is 0 Å². The molecule has 1 atom stereocenters. The lowest BCUT2D eigenvalue weighted by Crippen LogP contribution is -2.41. The molecule has 0 aliphatic carbocycles. The summed E-state index contributed by atoms with van der Waals surface area (Å²) in [5.41, 5.74) is 5.87. The van der Waals surface area contributed by atoms with Crippen LogP contribution in [0.15, 0.2) is 28.7 Å². The van der Waals surface area contributed by atoms with Crippen molar-refractivity contribution in [2.45, 2.75) is 13.0 Å². The molecule has 0 heterocycles. The molecular weight excluding hydrogens is 286 g/mol. The third-order valence-electron chi connectivity index (χ3n) is 2.20. The van der Waals surface area contributed by atoms with Gasteiger partial charge in [0.15, 0.2) is 0 Å². The van der Waals surface area contributed by atoms with E-state index in [0.29, 0.717) is 0 Å². The van der Waals surface area contributed by atoms with Gasteiger partial charge < -0.3 is 11.1 Å². The van der Waals surface area contributed by atoms with Gasteiger partial charge in [0.1, 0.15) is 0 Å². The zero-order chi connectivity index (χ0) is 12.8. The third kappa shape index (κ3) is 4.54. The number of hydrogen-bond donors (Lipinski definition) is 3. The highest BCUT2D eigenvalue weighted by Gasteiger charge is 2.10. The Morgan fingerprint density at radius 3 is 2.65 bits per heavy atom. The van der Waals surface area contributed by atoms with Gasteiger partial charge in [0.25, 0.3) is 0 Å². The Labute approximate surface area is 108 Å². The van der Waals surface area contributed by atoms with Crippen molar-refractivity contribution in [1.82, 2.24) is 10.6 Å². The maximum atomic E-state index is 11.2. The van der Waals surface area contributed by atoms with Crippen molar-refractivity contribution in [2.75, 3.05) is 6.54 Å². The fourth-order valence-corrected chi connectivity index (χ4v) is 1.99. The van der Waals surface area contributed by atoms with Crippen LogP contribution in [0.2, 0.25) is 0 Å². The SMILES string of the molecule is C[C@@H](NCC(=O)NC(N)=O)c1ccccc1Br. The first kappa shape index (κ1) is 13.7. The van der Waals surface area contributed by atoms with Crippen molar-refractivity contribution in [3.05, 3.63) is 34.3 Å². The number of halogens is 1. The Morgan fingerprint density at radius 2 is 2.06 bits per heavy atom. The highest BCUT2D eigenvalue weighted by Crippen LogP contribution is 2.22. The molecule has 5 nitrogen and oxygen atoms in total. The summed E-state index contributed by atoms with van der Waals surface area (Å²) in [4.78, 5) is 21.6. The fraction of sp³-hybridized carbons (Fsp3) is 0.273. The molecular formula is C11H14BrN3O2. The number of nitrogens with one attached hydrogen (secondary N) is 2. The van der Waals surface area contributed by atoms with Crippen molar-refractivity contribution >= 4 is 27.9 Å². The molecule has 17 heavy (non-hydrogen) atoms. The van der Waals surface area contributed by atoms with Crippen LogP contribution < -0.4 is 16.4 Å². The monoisotopic (exact) mass is 299 g/mol. The molecule has 0 unspecified atom stereocenters. The van der Waals surface area contributed by atoms with Crippen LogP contribution in [0.3, 0.4) is 0 Å². The van der Waals surface area contributed by atoms with E-state index < -0.39 is 11.9 Å². The van der Waals surface area contributed by atoms with Crippen LogP contribution in [0.5, 0.6) is 0 Å². The van der Waals surface area contributed by atoms with Gasteiger partial charge in [-0.2, -0.15) is 0 Å². The summed E-state index contributed by atoms with van der Waals surface area (Å²) in [5.74, 6) is -0.448. The first-order valence-electron chi connectivity index (χ1n) is 5.08. The summed E-state index contributed by atoms with van der Waals surface area (Å²) in [7, 11) is 0. The van der Waals surface area contributed by atoms with Gasteiger partial charge in [0.2, 0.25) is 5.91 Å². The predicted octanol–water partition coefficient (Wildman–Crippen LogP) is 1.29. The Morgan fingerprint density at radius 1 is 1.41 bits per heavy atom. The largest absolute Gasteiger partial charge is 0.351 e. The van der Waals surface area contributed by atoms with Gasteiger partial charge in [0, 0.05) is 10.5 Å². The first-order valence-corrected chi connectivity index (χ1v) is 5.87. The van der Waals surface area contributed by atoms with Crippen LogP contribution >= 0.6 is 15.9 Å². The van der Waals surface area contributed by atoms with E-state index in [0.717, 1.165) is 10.0 Å². The maximum Gasteiger partial charge on any atom is 0.318 e. The molecule has 1 aromatic rings. The number of hydrogen-bond acceptors (Lipinski definition) is 3. The Balaban J connectivity index is 2.50. The predicted molar refractivity (Wildman–Crippen MR) is 68.3 cm³/mol. The van der Waals surface area contributed by atoms with Gasteiger partial charge in [-0.3, -0.25) is 10.1 Å². The van der Waals surface area contributed by atoms with Gasteiger partial charge >= 0.3 is 6.03 Å². The maximum absolute atomic E-state index is 11.2. The van der Waals surface area contributed by atoms with E-state index in [2.05, 4.69) is 21.2 Å². The molecule has 92 valence electrons. The molecule has 1 aromatic carbocycles. The summed E-state index contributed by atoms with van der Waals surface area (Å²) < 4.78 is 0.968. The average molecular weight is 300 g/mol. The zero-order valence-electron chi connectivity index (χ0n) is 9.37. The van der Waals surface area contributed by atoms with E-state index in [1.54, 1.807) is 0 Å². The zero-order valence-corrected chi connectivity index (χ0v) is 11.0. The number of amides is 3. The second-order valence-corrected chi connectivity index (χ2v) is 4.39. The Hall–Kier alpha value is -1.40. The second kappa shape index (κ2) is 6.36.